The van der Waals surface area contributed by atoms with Crippen molar-refractivity contribution in [3.63, 3.8) is 0 Å². The van der Waals surface area contributed by atoms with Gasteiger partial charge in [0.05, 0.1) is 25.4 Å². The molecule has 26 nitrogen and oxygen atoms in total. The minimum Gasteiger partial charge on any atom is -0.508 e. The van der Waals surface area contributed by atoms with Crippen LogP contribution in [0.3, 0.4) is 0 Å². The highest BCUT2D eigenvalue weighted by atomic mass is 16.4. The Bertz CT molecular complexity index is 2230. The molecule has 1 aromatic carbocycles. The van der Waals surface area contributed by atoms with E-state index in [9.17, 15) is 72.9 Å². The number of hydrogen-bond donors (Lipinski definition) is 13. The highest BCUT2D eigenvalue weighted by Crippen LogP contribution is 2.21. The number of hydrogen-bond acceptors (Lipinski definition) is 14. The van der Waals surface area contributed by atoms with Crippen molar-refractivity contribution < 1.29 is 72.9 Å². The smallest absolute Gasteiger partial charge is 0.303 e. The lowest BCUT2D eigenvalue weighted by Gasteiger charge is -2.31. The summed E-state index contributed by atoms with van der Waals surface area (Å²) in [5.41, 5.74) is 16.8. The second-order valence-electron chi connectivity index (χ2n) is 19.9. The summed E-state index contributed by atoms with van der Waals surface area (Å²) in [4.78, 5) is 163. The van der Waals surface area contributed by atoms with Crippen molar-refractivity contribution in [3.8, 4) is 5.75 Å². The van der Waals surface area contributed by atoms with Crippen molar-refractivity contribution >= 4 is 70.9 Å². The van der Waals surface area contributed by atoms with E-state index in [1.54, 1.807) is 0 Å². The van der Waals surface area contributed by atoms with Crippen LogP contribution in [0.2, 0.25) is 0 Å². The number of rotatable bonds is 23. The number of carbonyl (C=O) groups is 12. The lowest BCUT2D eigenvalue weighted by molar-refractivity contribution is -0.144. The summed E-state index contributed by atoms with van der Waals surface area (Å²) < 4.78 is 0. The van der Waals surface area contributed by atoms with Gasteiger partial charge in [-0.05, 0) is 56.2 Å². The average molecular weight is 1070 g/mol. The fourth-order valence-electron chi connectivity index (χ4n) is 8.85. The van der Waals surface area contributed by atoms with Crippen LogP contribution in [0, 0.1) is 5.92 Å². The molecular weight excluding hydrogens is 995 g/mol. The van der Waals surface area contributed by atoms with E-state index in [1.165, 1.54) is 24.3 Å². The van der Waals surface area contributed by atoms with E-state index in [4.69, 9.17) is 17.2 Å². The molecular formula is C50H77N11O15. The van der Waals surface area contributed by atoms with Crippen LogP contribution in [0.1, 0.15) is 135 Å². The number of aliphatic hydroxyl groups excluding tert-OH is 1. The predicted octanol–water partition coefficient (Wildman–Crippen LogP) is -2.24. The number of primary amides is 3. The molecule has 76 heavy (non-hydrogen) atoms. The number of aliphatic carboxylic acids is 1. The van der Waals surface area contributed by atoms with E-state index >= 15 is 0 Å². The molecule has 2 heterocycles. The normalized spacial score (nSPS) is 24.1. The number of carbonyl (C=O) groups excluding carboxylic acids is 11. The van der Waals surface area contributed by atoms with Crippen LogP contribution in [0.4, 0.5) is 0 Å². The molecule has 9 atom stereocenters. The number of aliphatic hydroxyl groups is 1. The fraction of sp³-hybridized carbons (Fsp3) is 0.640. The minimum absolute atomic E-state index is 0.0303. The Kier molecular flexibility index (Phi) is 26.1. The van der Waals surface area contributed by atoms with Gasteiger partial charge in [0.2, 0.25) is 65.0 Å². The van der Waals surface area contributed by atoms with Gasteiger partial charge in [-0.2, -0.15) is 0 Å². The van der Waals surface area contributed by atoms with Gasteiger partial charge in [-0.25, -0.2) is 0 Å². The molecule has 0 radical (unpaired) electrons. The third-order valence-electron chi connectivity index (χ3n) is 12.9. The van der Waals surface area contributed by atoms with Gasteiger partial charge in [-0.3, -0.25) is 57.5 Å². The number of carboxylic acids is 1. The zero-order chi connectivity index (χ0) is 56.6. The molecule has 0 saturated carbocycles. The number of aromatic hydroxyl groups is 1. The molecule has 26 heteroatoms. The number of benzene rings is 1. The van der Waals surface area contributed by atoms with Gasteiger partial charge in [-0.15, -0.1) is 0 Å². The van der Waals surface area contributed by atoms with Crippen molar-refractivity contribution in [2.45, 2.75) is 191 Å². The first kappa shape index (κ1) is 62.9. The molecule has 1 aromatic rings. The van der Waals surface area contributed by atoms with Gasteiger partial charge in [0.25, 0.3) is 0 Å². The standard InChI is InChI=1S/C50H77N11O15/c1-27(2)13-10-8-6-4-5-7-9-11-14-31-43(69)57-35(25-39(52)65)46(72)56-33(23-29-16-18-30(63)19-17-29)44(70)58-34(24-38(51)64)45(71)55-32(20-21-41(67)68)50(76)61-22-12-15-37(61)48(74)59-36(26-40(53)66)47(73)60-42(28(3)62)49(75)54-31/h16-19,27-28,31-37,42,62-63H,4-15,20-26H2,1-3H3,(H2,51,64)(H2,52,65)(H2,53,66)(H,54,75)(H,55,71)(H,56,72)(H,57,69)(H,58,70)(H,59,74)(H,60,73)(H,67,68)/t28-,31?,32?,33?,34?,35?,36?,37?,42+/m1/s1. The molecule has 0 bridgehead atoms. The largest absolute Gasteiger partial charge is 0.508 e. The third-order valence-corrected chi connectivity index (χ3v) is 12.9. The quantitative estimate of drug-likeness (QED) is 0.0516. The first-order valence-electron chi connectivity index (χ1n) is 25.8. The molecule has 0 aromatic heterocycles. The molecule has 16 N–H and O–H groups in total. The lowest BCUT2D eigenvalue weighted by atomic mass is 10.0. The van der Waals surface area contributed by atoms with Gasteiger partial charge in [-0.1, -0.05) is 83.8 Å². The molecule has 2 fully saturated rings. The van der Waals surface area contributed by atoms with Crippen molar-refractivity contribution in [1.29, 1.82) is 0 Å². The number of unbranched alkanes of at least 4 members (excludes halogenated alkanes) is 7. The number of nitrogens with one attached hydrogen (secondary N) is 7. The van der Waals surface area contributed by atoms with E-state index in [-0.39, 0.29) is 38.0 Å². The maximum absolute atomic E-state index is 14.3. The molecule has 0 aliphatic carbocycles. The second kappa shape index (κ2) is 31.5. The summed E-state index contributed by atoms with van der Waals surface area (Å²) in [6.07, 6.45) is 2.07. The Morgan fingerprint density at radius 1 is 0.566 bits per heavy atom. The molecule has 0 spiro atoms. The number of phenolic OH excluding ortho intramolecular Hbond substituents is 1. The number of phenols is 1. The summed E-state index contributed by atoms with van der Waals surface area (Å²) >= 11 is 0. The topological polar surface area (TPSA) is 431 Å². The Balaban J connectivity index is 2.15. The number of nitrogens with two attached hydrogens (primary N) is 3. The third kappa shape index (κ3) is 21.8. The van der Waals surface area contributed by atoms with E-state index in [2.05, 4.69) is 51.1 Å². The molecule has 2 aliphatic rings. The van der Waals surface area contributed by atoms with Crippen molar-refractivity contribution in [2.75, 3.05) is 6.54 Å². The van der Waals surface area contributed by atoms with Crippen LogP contribution in [-0.4, -0.2) is 152 Å². The number of nitrogens with zero attached hydrogens (tertiary/aromatic N) is 1. The minimum atomic E-state index is -1.90. The summed E-state index contributed by atoms with van der Waals surface area (Å²) in [5, 5.41) is 47.0. The van der Waals surface area contributed by atoms with Crippen LogP contribution in [-0.2, 0) is 64.0 Å². The van der Waals surface area contributed by atoms with Crippen LogP contribution < -0.4 is 54.4 Å². The first-order chi connectivity index (χ1) is 35.9. The average Bonchev–Trinajstić information content (AvgIpc) is 3.83. The van der Waals surface area contributed by atoms with Crippen molar-refractivity contribution in [3.05, 3.63) is 29.8 Å². The van der Waals surface area contributed by atoms with E-state index < -0.39 is 157 Å². The lowest BCUT2D eigenvalue weighted by Crippen LogP contribution is -2.63. The molecule has 422 valence electrons. The Hall–Kier alpha value is -7.38. The molecule has 11 amide bonds. The number of fused-ring (bicyclic) bond motifs is 1. The number of carboxylic acid groups (broad SMARTS) is 1. The maximum Gasteiger partial charge on any atom is 0.303 e. The van der Waals surface area contributed by atoms with E-state index in [0.29, 0.717) is 24.3 Å². The van der Waals surface area contributed by atoms with Gasteiger partial charge < -0.3 is 74.6 Å². The van der Waals surface area contributed by atoms with E-state index in [0.717, 1.165) is 56.8 Å². The van der Waals surface area contributed by atoms with Gasteiger partial charge in [0, 0.05) is 19.4 Å². The zero-order valence-electron chi connectivity index (χ0n) is 43.4. The Morgan fingerprint density at radius 3 is 1.50 bits per heavy atom. The Labute approximate surface area is 440 Å². The maximum atomic E-state index is 14.3. The van der Waals surface area contributed by atoms with Gasteiger partial charge >= 0.3 is 5.97 Å². The van der Waals surface area contributed by atoms with Crippen molar-refractivity contribution in [2.24, 2.45) is 23.1 Å². The summed E-state index contributed by atoms with van der Waals surface area (Å²) in [5.74, 6) is -13.2. The second-order valence-corrected chi connectivity index (χ2v) is 19.9. The van der Waals surface area contributed by atoms with Crippen LogP contribution >= 0.6 is 0 Å². The van der Waals surface area contributed by atoms with Crippen molar-refractivity contribution in [1.82, 2.24) is 42.1 Å². The molecule has 7 unspecified atom stereocenters. The zero-order valence-corrected chi connectivity index (χ0v) is 43.4. The SMILES string of the molecule is CC(C)CCCCCCCCCCC1NC(=O)[C@H]([C@@H](C)O)NC(=O)C(CC(N)=O)NC(=O)C2CCCN2C(=O)C(CCC(=O)O)NC(=O)C(CC(N)=O)NC(=O)C(Cc2ccc(O)cc2)NC(=O)C(CC(N)=O)NC1=O. The highest BCUT2D eigenvalue weighted by molar-refractivity contribution is 6.01. The summed E-state index contributed by atoms with van der Waals surface area (Å²) in [6.45, 7) is 5.35. The fourth-order valence-corrected chi connectivity index (χ4v) is 8.85. The Morgan fingerprint density at radius 2 is 1.00 bits per heavy atom. The van der Waals surface area contributed by atoms with Crippen LogP contribution in [0.15, 0.2) is 24.3 Å². The van der Waals surface area contributed by atoms with Crippen LogP contribution in [0.5, 0.6) is 5.75 Å². The van der Waals surface area contributed by atoms with Gasteiger partial charge in [0.15, 0.2) is 0 Å². The highest BCUT2D eigenvalue weighted by Gasteiger charge is 2.41. The van der Waals surface area contributed by atoms with E-state index in [1.807, 2.05) is 0 Å². The predicted molar refractivity (Wildman–Crippen MR) is 271 cm³/mol. The summed E-state index contributed by atoms with van der Waals surface area (Å²) in [6, 6.07) is -8.42. The summed E-state index contributed by atoms with van der Waals surface area (Å²) in [7, 11) is 0. The number of amides is 11. The molecule has 2 saturated heterocycles. The van der Waals surface area contributed by atoms with Crippen LogP contribution in [0.25, 0.3) is 0 Å². The first-order valence-corrected chi connectivity index (χ1v) is 25.8. The molecule has 2 aliphatic heterocycles. The monoisotopic (exact) mass is 1070 g/mol. The van der Waals surface area contributed by atoms with Gasteiger partial charge in [0.1, 0.15) is 54.1 Å². The molecule has 3 rings (SSSR count).